The van der Waals surface area contributed by atoms with Crippen molar-refractivity contribution in [3.8, 4) is 6.07 Å². The Bertz CT molecular complexity index is 548. The fourth-order valence-corrected chi connectivity index (χ4v) is 3.91. The van der Waals surface area contributed by atoms with E-state index >= 15 is 0 Å². The van der Waals surface area contributed by atoms with Crippen molar-refractivity contribution < 1.29 is 8.82 Å². The van der Waals surface area contributed by atoms with Crippen LogP contribution in [-0.2, 0) is 9.84 Å². The summed E-state index contributed by atoms with van der Waals surface area (Å²) in [7, 11) is -1.79. The van der Waals surface area contributed by atoms with Crippen LogP contribution in [0, 0.1) is 17.1 Å². The second-order valence-corrected chi connectivity index (χ2v) is 12.4. The molecule has 0 bridgehead atoms. The monoisotopic (exact) mass is 305 g/mol. The standard InChI is InChI=1S/C17H24FNOSi/c1-16(2,3)21(4,5)20-15-10-17(11-15,12-19)13-6-8-14(18)9-7-13/h6-9,15H,10-11H2,1-5H3. The fourth-order valence-electron chi connectivity index (χ4n) is 2.55. The molecule has 0 aromatic heterocycles. The second-order valence-electron chi connectivity index (χ2n) is 7.61. The van der Waals surface area contributed by atoms with E-state index in [2.05, 4.69) is 39.9 Å². The van der Waals surface area contributed by atoms with Gasteiger partial charge in [0.15, 0.2) is 8.32 Å². The van der Waals surface area contributed by atoms with Crippen molar-refractivity contribution in [3.05, 3.63) is 35.6 Å². The van der Waals surface area contributed by atoms with Gasteiger partial charge in [-0.3, -0.25) is 0 Å². The first-order chi connectivity index (χ1) is 9.60. The highest BCUT2D eigenvalue weighted by Crippen LogP contribution is 2.48. The topological polar surface area (TPSA) is 33.0 Å². The zero-order chi connectivity index (χ0) is 15.9. The fraction of sp³-hybridized carbons (Fsp3) is 0.588. The summed E-state index contributed by atoms with van der Waals surface area (Å²) in [4.78, 5) is 0. The van der Waals surface area contributed by atoms with Crippen molar-refractivity contribution in [2.24, 2.45) is 0 Å². The van der Waals surface area contributed by atoms with Crippen molar-refractivity contribution in [2.75, 3.05) is 0 Å². The van der Waals surface area contributed by atoms with Gasteiger partial charge in [-0.2, -0.15) is 5.26 Å². The van der Waals surface area contributed by atoms with Gasteiger partial charge in [0.1, 0.15) is 5.82 Å². The zero-order valence-corrected chi connectivity index (χ0v) is 14.5. The summed E-state index contributed by atoms with van der Waals surface area (Å²) in [6.07, 6.45) is 1.57. The van der Waals surface area contributed by atoms with Crippen LogP contribution in [0.4, 0.5) is 4.39 Å². The highest BCUT2D eigenvalue weighted by atomic mass is 28.4. The van der Waals surface area contributed by atoms with Gasteiger partial charge in [-0.15, -0.1) is 0 Å². The van der Waals surface area contributed by atoms with Crippen LogP contribution < -0.4 is 0 Å². The lowest BCUT2D eigenvalue weighted by Crippen LogP contribution is -2.52. The molecular weight excluding hydrogens is 281 g/mol. The molecule has 0 atom stereocenters. The van der Waals surface area contributed by atoms with Gasteiger partial charge in [0, 0.05) is 6.10 Å². The molecule has 2 nitrogen and oxygen atoms in total. The maximum absolute atomic E-state index is 13.0. The van der Waals surface area contributed by atoms with Crippen molar-refractivity contribution >= 4 is 8.32 Å². The van der Waals surface area contributed by atoms with Crippen LogP contribution in [0.25, 0.3) is 0 Å². The van der Waals surface area contributed by atoms with E-state index in [-0.39, 0.29) is 17.0 Å². The van der Waals surface area contributed by atoms with E-state index in [4.69, 9.17) is 4.43 Å². The summed E-state index contributed by atoms with van der Waals surface area (Å²) in [6.45, 7) is 11.1. The number of halogens is 1. The van der Waals surface area contributed by atoms with Crippen LogP contribution in [-0.4, -0.2) is 14.4 Å². The third-order valence-electron chi connectivity index (χ3n) is 5.03. The van der Waals surface area contributed by atoms with Crippen LogP contribution in [0.3, 0.4) is 0 Å². The van der Waals surface area contributed by atoms with Crippen LogP contribution in [0.1, 0.15) is 39.2 Å². The van der Waals surface area contributed by atoms with E-state index in [1.54, 1.807) is 12.1 Å². The van der Waals surface area contributed by atoms with Gasteiger partial charge in [0.25, 0.3) is 0 Å². The molecule has 4 heteroatoms. The highest BCUT2D eigenvalue weighted by molar-refractivity contribution is 6.74. The molecule has 0 radical (unpaired) electrons. The summed E-state index contributed by atoms with van der Waals surface area (Å²) in [6, 6.07) is 8.72. The number of benzene rings is 1. The molecule has 0 amide bonds. The minimum Gasteiger partial charge on any atom is -0.414 e. The molecule has 1 aliphatic carbocycles. The molecule has 114 valence electrons. The third-order valence-corrected chi connectivity index (χ3v) is 9.57. The molecule has 0 unspecified atom stereocenters. The van der Waals surface area contributed by atoms with Gasteiger partial charge in [-0.1, -0.05) is 32.9 Å². The van der Waals surface area contributed by atoms with E-state index in [0.29, 0.717) is 12.8 Å². The average molecular weight is 305 g/mol. The lowest BCUT2D eigenvalue weighted by Gasteiger charge is -2.48. The Kier molecular flexibility index (Phi) is 4.03. The quantitative estimate of drug-likeness (QED) is 0.753. The first-order valence-corrected chi connectivity index (χ1v) is 10.4. The molecular formula is C17H24FNOSi. The summed E-state index contributed by atoms with van der Waals surface area (Å²) in [5.41, 5.74) is 0.405. The predicted molar refractivity (Wildman–Crippen MR) is 85.0 cm³/mol. The molecule has 0 spiro atoms. The lowest BCUT2D eigenvalue weighted by molar-refractivity contribution is 0.0543. The Morgan fingerprint density at radius 1 is 1.24 bits per heavy atom. The lowest BCUT2D eigenvalue weighted by atomic mass is 9.64. The van der Waals surface area contributed by atoms with E-state index in [1.165, 1.54) is 12.1 Å². The van der Waals surface area contributed by atoms with Gasteiger partial charge in [0.2, 0.25) is 0 Å². The van der Waals surface area contributed by atoms with Crippen LogP contribution in [0.5, 0.6) is 0 Å². The Morgan fingerprint density at radius 2 is 1.76 bits per heavy atom. The maximum atomic E-state index is 13.0. The van der Waals surface area contributed by atoms with Crippen molar-refractivity contribution in [1.82, 2.24) is 0 Å². The number of hydrogen-bond acceptors (Lipinski definition) is 2. The molecule has 1 aromatic rings. The Labute approximate surface area is 128 Å². The van der Waals surface area contributed by atoms with Gasteiger partial charge < -0.3 is 4.43 Å². The van der Waals surface area contributed by atoms with Crippen molar-refractivity contribution in [2.45, 2.75) is 63.3 Å². The molecule has 0 aliphatic heterocycles. The smallest absolute Gasteiger partial charge is 0.192 e. The SMILES string of the molecule is CC(C)(C)[Si](C)(C)OC1CC(C#N)(c2ccc(F)cc2)C1. The number of nitriles is 1. The van der Waals surface area contributed by atoms with E-state index in [0.717, 1.165) is 5.56 Å². The average Bonchev–Trinajstić information content (AvgIpc) is 2.33. The minimum absolute atomic E-state index is 0.149. The van der Waals surface area contributed by atoms with Crippen molar-refractivity contribution in [3.63, 3.8) is 0 Å². The summed E-state index contributed by atoms with van der Waals surface area (Å²) >= 11 is 0. The Morgan fingerprint density at radius 3 is 2.19 bits per heavy atom. The Balaban J connectivity index is 2.07. The molecule has 0 saturated heterocycles. The van der Waals surface area contributed by atoms with Crippen LogP contribution in [0.2, 0.25) is 18.1 Å². The van der Waals surface area contributed by atoms with Gasteiger partial charge >= 0.3 is 0 Å². The summed E-state index contributed by atoms with van der Waals surface area (Å²) in [5.74, 6) is -0.264. The minimum atomic E-state index is -1.79. The van der Waals surface area contributed by atoms with Gasteiger partial charge in [0.05, 0.1) is 11.5 Å². The molecule has 21 heavy (non-hydrogen) atoms. The molecule has 1 saturated carbocycles. The van der Waals surface area contributed by atoms with Gasteiger partial charge in [-0.05, 0) is 48.7 Å². The number of hydrogen-bond donors (Lipinski definition) is 0. The molecule has 1 aromatic carbocycles. The normalized spacial score (nSPS) is 26.0. The highest BCUT2D eigenvalue weighted by Gasteiger charge is 2.50. The van der Waals surface area contributed by atoms with Crippen LogP contribution >= 0.6 is 0 Å². The molecule has 0 N–H and O–H groups in total. The largest absolute Gasteiger partial charge is 0.414 e. The predicted octanol–water partition coefficient (Wildman–Crippen LogP) is 4.77. The summed E-state index contributed by atoms with van der Waals surface area (Å²) < 4.78 is 19.4. The Hall–Kier alpha value is -1.18. The first kappa shape index (κ1) is 16.2. The second kappa shape index (κ2) is 5.22. The van der Waals surface area contributed by atoms with E-state index in [1.807, 2.05) is 0 Å². The van der Waals surface area contributed by atoms with E-state index < -0.39 is 13.7 Å². The summed E-state index contributed by atoms with van der Waals surface area (Å²) in [5, 5.41) is 9.72. The number of rotatable bonds is 3. The van der Waals surface area contributed by atoms with Crippen molar-refractivity contribution in [1.29, 1.82) is 5.26 Å². The molecule has 2 rings (SSSR count). The van der Waals surface area contributed by atoms with Crippen LogP contribution in [0.15, 0.2) is 24.3 Å². The van der Waals surface area contributed by atoms with Gasteiger partial charge in [-0.25, -0.2) is 4.39 Å². The maximum Gasteiger partial charge on any atom is 0.192 e. The first-order valence-electron chi connectivity index (χ1n) is 7.45. The molecule has 1 fully saturated rings. The third kappa shape index (κ3) is 3.04. The zero-order valence-electron chi connectivity index (χ0n) is 13.5. The number of nitrogens with zero attached hydrogens (tertiary/aromatic N) is 1. The van der Waals surface area contributed by atoms with E-state index in [9.17, 15) is 9.65 Å². The molecule has 0 heterocycles. The molecule has 1 aliphatic rings.